The Kier molecular flexibility index (Phi) is 9.84. The Morgan fingerprint density at radius 3 is 1.48 bits per heavy atom. The van der Waals surface area contributed by atoms with E-state index in [-0.39, 0.29) is 0 Å². The Labute approximate surface area is 174 Å². The molecule has 0 aliphatic carbocycles. The van der Waals surface area contributed by atoms with Crippen LogP contribution in [0.25, 0.3) is 0 Å². The number of hydrogen-bond donors (Lipinski definition) is 2. The third kappa shape index (κ3) is 5.86. The first-order valence-electron chi connectivity index (χ1n) is 10.2. The van der Waals surface area contributed by atoms with Gasteiger partial charge in [0.15, 0.2) is 0 Å². The van der Waals surface area contributed by atoms with Crippen molar-refractivity contribution in [2.75, 3.05) is 13.7 Å². The van der Waals surface area contributed by atoms with Crippen molar-refractivity contribution in [2.24, 2.45) is 0 Å². The number of aliphatic hydroxyl groups is 1. The summed E-state index contributed by atoms with van der Waals surface area (Å²) in [5.74, 6) is 0. The summed E-state index contributed by atoms with van der Waals surface area (Å²) in [7, 11) is 1.00. The SMILES string of the molecule is CO.O=CCCCCCNC(c1ccccc1)(c1ccccc1)c1ccccc1. The van der Waals surface area contributed by atoms with Gasteiger partial charge in [-0.3, -0.25) is 5.32 Å². The van der Waals surface area contributed by atoms with E-state index < -0.39 is 5.54 Å². The first kappa shape index (κ1) is 22.5. The number of unbranched alkanes of at least 4 members (excludes halogenated alkanes) is 3. The molecule has 0 aliphatic heterocycles. The molecule has 0 aromatic heterocycles. The highest BCUT2D eigenvalue weighted by Gasteiger charge is 2.35. The second kappa shape index (κ2) is 12.7. The van der Waals surface area contributed by atoms with Crippen molar-refractivity contribution in [3.05, 3.63) is 108 Å². The largest absolute Gasteiger partial charge is 0.400 e. The molecular weight excluding hydrogens is 358 g/mol. The van der Waals surface area contributed by atoms with E-state index in [0.29, 0.717) is 6.42 Å². The molecule has 3 heteroatoms. The maximum atomic E-state index is 10.5. The maximum Gasteiger partial charge on any atom is 0.119 e. The fourth-order valence-electron chi connectivity index (χ4n) is 3.68. The van der Waals surface area contributed by atoms with Gasteiger partial charge in [0.2, 0.25) is 0 Å². The van der Waals surface area contributed by atoms with Gasteiger partial charge in [0.1, 0.15) is 6.29 Å². The monoisotopic (exact) mass is 389 g/mol. The van der Waals surface area contributed by atoms with E-state index in [9.17, 15) is 4.79 Å². The number of aldehydes is 1. The smallest absolute Gasteiger partial charge is 0.119 e. The Bertz CT molecular complexity index is 707. The topological polar surface area (TPSA) is 49.3 Å². The second-order valence-electron chi connectivity index (χ2n) is 6.79. The fourth-order valence-corrected chi connectivity index (χ4v) is 3.68. The van der Waals surface area contributed by atoms with Crippen molar-refractivity contribution in [3.8, 4) is 0 Å². The van der Waals surface area contributed by atoms with Crippen LogP contribution >= 0.6 is 0 Å². The van der Waals surface area contributed by atoms with E-state index in [4.69, 9.17) is 5.11 Å². The maximum absolute atomic E-state index is 10.5. The van der Waals surface area contributed by atoms with Crippen LogP contribution in [0.1, 0.15) is 42.4 Å². The molecule has 0 atom stereocenters. The Morgan fingerprint density at radius 2 is 1.10 bits per heavy atom. The highest BCUT2D eigenvalue weighted by atomic mass is 16.2. The average Bonchev–Trinajstić information content (AvgIpc) is 2.82. The number of carbonyl (C=O) groups is 1. The van der Waals surface area contributed by atoms with Crippen LogP contribution in [0, 0.1) is 0 Å². The van der Waals surface area contributed by atoms with Gasteiger partial charge >= 0.3 is 0 Å². The molecule has 0 amide bonds. The minimum absolute atomic E-state index is 0.394. The molecule has 3 rings (SSSR count). The van der Waals surface area contributed by atoms with Crippen molar-refractivity contribution in [2.45, 2.75) is 31.2 Å². The minimum Gasteiger partial charge on any atom is -0.400 e. The molecule has 0 fully saturated rings. The number of hydrogen-bond acceptors (Lipinski definition) is 3. The normalized spacial score (nSPS) is 10.7. The number of carbonyl (C=O) groups excluding carboxylic acids is 1. The summed E-state index contributed by atoms with van der Waals surface area (Å²) in [5, 5.41) is 10.9. The van der Waals surface area contributed by atoms with Crippen LogP contribution in [0.5, 0.6) is 0 Å². The van der Waals surface area contributed by atoms with Gasteiger partial charge in [0.25, 0.3) is 0 Å². The lowest BCUT2D eigenvalue weighted by Gasteiger charge is -2.37. The van der Waals surface area contributed by atoms with Crippen LogP contribution in [0.4, 0.5) is 0 Å². The van der Waals surface area contributed by atoms with E-state index in [1.807, 2.05) is 0 Å². The van der Waals surface area contributed by atoms with Gasteiger partial charge in [-0.05, 0) is 36.1 Å². The first-order valence-corrected chi connectivity index (χ1v) is 10.2. The molecule has 0 spiro atoms. The zero-order valence-corrected chi connectivity index (χ0v) is 17.1. The lowest BCUT2D eigenvalue weighted by atomic mass is 9.77. The van der Waals surface area contributed by atoms with Crippen molar-refractivity contribution in [1.29, 1.82) is 0 Å². The van der Waals surface area contributed by atoms with Crippen LogP contribution in [0.3, 0.4) is 0 Å². The Hall–Kier alpha value is -2.75. The lowest BCUT2D eigenvalue weighted by Crippen LogP contribution is -2.45. The minimum atomic E-state index is -0.394. The van der Waals surface area contributed by atoms with Gasteiger partial charge in [-0.1, -0.05) is 97.4 Å². The zero-order valence-electron chi connectivity index (χ0n) is 17.1. The zero-order chi connectivity index (χ0) is 20.8. The molecule has 0 heterocycles. The summed E-state index contributed by atoms with van der Waals surface area (Å²) in [6, 6.07) is 31.9. The van der Waals surface area contributed by atoms with Crippen molar-refractivity contribution < 1.29 is 9.90 Å². The second-order valence-corrected chi connectivity index (χ2v) is 6.79. The molecule has 0 unspecified atom stereocenters. The van der Waals surface area contributed by atoms with Crippen molar-refractivity contribution in [1.82, 2.24) is 5.32 Å². The summed E-state index contributed by atoms with van der Waals surface area (Å²) in [6.07, 6.45) is 4.72. The fraction of sp³-hybridized carbons (Fsp3) is 0.269. The van der Waals surface area contributed by atoms with Crippen LogP contribution < -0.4 is 5.32 Å². The molecule has 0 aliphatic rings. The summed E-state index contributed by atoms with van der Waals surface area (Å²) < 4.78 is 0. The molecule has 0 saturated heterocycles. The average molecular weight is 390 g/mol. The predicted molar refractivity (Wildman–Crippen MR) is 120 cm³/mol. The highest BCUT2D eigenvalue weighted by molar-refractivity contribution is 5.49. The van der Waals surface area contributed by atoms with Crippen molar-refractivity contribution >= 4 is 6.29 Å². The molecule has 0 bridgehead atoms. The number of rotatable bonds is 10. The molecule has 3 aromatic rings. The molecule has 29 heavy (non-hydrogen) atoms. The Balaban J connectivity index is 0.00000145. The first-order chi connectivity index (χ1) is 14.4. The summed E-state index contributed by atoms with van der Waals surface area (Å²) in [6.45, 7) is 0.886. The Morgan fingerprint density at radius 1 is 0.690 bits per heavy atom. The third-order valence-corrected chi connectivity index (χ3v) is 5.01. The quantitative estimate of drug-likeness (QED) is 0.293. The molecule has 152 valence electrons. The predicted octanol–water partition coefficient (Wildman–Crippen LogP) is 4.94. The van der Waals surface area contributed by atoms with Crippen LogP contribution in [-0.2, 0) is 10.3 Å². The van der Waals surface area contributed by atoms with Crippen molar-refractivity contribution in [3.63, 3.8) is 0 Å². The van der Waals surface area contributed by atoms with Gasteiger partial charge in [0, 0.05) is 13.5 Å². The molecule has 3 nitrogen and oxygen atoms in total. The lowest BCUT2D eigenvalue weighted by molar-refractivity contribution is -0.107. The van der Waals surface area contributed by atoms with Gasteiger partial charge in [-0.2, -0.15) is 0 Å². The van der Waals surface area contributed by atoms with Gasteiger partial charge < -0.3 is 9.90 Å². The van der Waals surface area contributed by atoms with E-state index >= 15 is 0 Å². The molecule has 2 N–H and O–H groups in total. The summed E-state index contributed by atoms with van der Waals surface area (Å²) in [4.78, 5) is 10.5. The van der Waals surface area contributed by atoms with Gasteiger partial charge in [-0.25, -0.2) is 0 Å². The number of nitrogens with one attached hydrogen (secondary N) is 1. The van der Waals surface area contributed by atoms with E-state index in [1.165, 1.54) is 16.7 Å². The van der Waals surface area contributed by atoms with Crippen LogP contribution in [0.15, 0.2) is 91.0 Å². The highest BCUT2D eigenvalue weighted by Crippen LogP contribution is 2.36. The van der Waals surface area contributed by atoms with E-state index in [2.05, 4.69) is 96.3 Å². The number of aliphatic hydroxyl groups excluding tert-OH is 1. The van der Waals surface area contributed by atoms with Crippen LogP contribution in [-0.4, -0.2) is 25.0 Å². The summed E-state index contributed by atoms with van der Waals surface area (Å²) >= 11 is 0. The standard InChI is InChI=1S/C25H27NO.CH4O/c27-21-13-2-1-12-20-26-25(22-14-6-3-7-15-22,23-16-8-4-9-17-23)24-18-10-5-11-19-24;1-2/h3-11,14-19,21,26H,1-2,12-13,20H2;2H,1H3. The van der Waals surface area contributed by atoms with E-state index in [1.54, 1.807) is 0 Å². The molecule has 3 aromatic carbocycles. The van der Waals surface area contributed by atoms with Gasteiger partial charge in [0.05, 0.1) is 5.54 Å². The summed E-state index contributed by atoms with van der Waals surface area (Å²) in [5.41, 5.74) is 3.30. The third-order valence-electron chi connectivity index (χ3n) is 5.01. The molecule has 0 radical (unpaired) electrons. The van der Waals surface area contributed by atoms with Gasteiger partial charge in [-0.15, -0.1) is 0 Å². The van der Waals surface area contributed by atoms with Crippen LogP contribution in [0.2, 0.25) is 0 Å². The number of benzene rings is 3. The molecule has 0 saturated carbocycles. The molecular formula is C26H31NO2. The van der Waals surface area contributed by atoms with E-state index in [0.717, 1.165) is 39.2 Å².